The van der Waals surface area contributed by atoms with Crippen LogP contribution in [-0.4, -0.2) is 10.9 Å². The zero-order chi connectivity index (χ0) is 15.9. The molecule has 1 amide bonds. The zero-order valence-corrected chi connectivity index (χ0v) is 12.9. The smallest absolute Gasteiger partial charge is 0.272 e. The fraction of sp³-hybridized carbons (Fsp3) is 0.167. The predicted molar refractivity (Wildman–Crippen MR) is 91.3 cm³/mol. The van der Waals surface area contributed by atoms with Gasteiger partial charge in [0.05, 0.1) is 11.4 Å². The lowest BCUT2D eigenvalue weighted by atomic mass is 10.1. The molecule has 4 N–H and O–H groups in total. The van der Waals surface area contributed by atoms with Crippen LogP contribution >= 0.6 is 0 Å². The maximum absolute atomic E-state index is 12.6. The van der Waals surface area contributed by atoms with Gasteiger partial charge in [0.1, 0.15) is 5.69 Å². The third-order valence-corrected chi connectivity index (χ3v) is 3.90. The van der Waals surface area contributed by atoms with Crippen LogP contribution in [0.2, 0.25) is 0 Å². The van der Waals surface area contributed by atoms with Crippen LogP contribution in [0.15, 0.2) is 36.4 Å². The summed E-state index contributed by atoms with van der Waals surface area (Å²) in [7, 11) is 0. The van der Waals surface area contributed by atoms with Crippen molar-refractivity contribution >= 4 is 28.2 Å². The van der Waals surface area contributed by atoms with Gasteiger partial charge in [-0.05, 0) is 56.2 Å². The van der Waals surface area contributed by atoms with Crippen molar-refractivity contribution in [1.82, 2.24) is 4.98 Å². The molecule has 1 aromatic heterocycles. The van der Waals surface area contributed by atoms with Gasteiger partial charge in [-0.2, -0.15) is 0 Å². The molecule has 3 aromatic rings. The monoisotopic (exact) mass is 293 g/mol. The molecular weight excluding hydrogens is 274 g/mol. The molecule has 0 bridgehead atoms. The van der Waals surface area contributed by atoms with E-state index in [4.69, 9.17) is 5.73 Å². The van der Waals surface area contributed by atoms with E-state index >= 15 is 0 Å². The normalized spacial score (nSPS) is 10.9. The van der Waals surface area contributed by atoms with Crippen LogP contribution in [0, 0.1) is 20.8 Å². The number of hydrogen-bond donors (Lipinski definition) is 3. The maximum atomic E-state index is 12.6. The molecule has 0 radical (unpaired) electrons. The fourth-order valence-corrected chi connectivity index (χ4v) is 2.63. The number of nitrogen functional groups attached to an aromatic ring is 1. The second kappa shape index (κ2) is 5.22. The average Bonchev–Trinajstić information content (AvgIpc) is 2.80. The summed E-state index contributed by atoms with van der Waals surface area (Å²) >= 11 is 0. The Bertz CT molecular complexity index is 877. The van der Waals surface area contributed by atoms with Gasteiger partial charge in [-0.25, -0.2) is 0 Å². The van der Waals surface area contributed by atoms with Crippen LogP contribution in [0.4, 0.5) is 11.4 Å². The third-order valence-electron chi connectivity index (χ3n) is 3.90. The summed E-state index contributed by atoms with van der Waals surface area (Å²) in [6.45, 7) is 5.96. The number of aryl methyl sites for hydroxylation is 3. The highest BCUT2D eigenvalue weighted by Crippen LogP contribution is 2.25. The molecule has 0 saturated carbocycles. The van der Waals surface area contributed by atoms with E-state index in [-0.39, 0.29) is 5.91 Å². The molecular formula is C18H19N3O. The van der Waals surface area contributed by atoms with E-state index in [1.807, 2.05) is 45.0 Å². The van der Waals surface area contributed by atoms with Crippen LogP contribution in [0.3, 0.4) is 0 Å². The van der Waals surface area contributed by atoms with Gasteiger partial charge in [-0.1, -0.05) is 17.7 Å². The lowest BCUT2D eigenvalue weighted by Crippen LogP contribution is -2.14. The molecule has 22 heavy (non-hydrogen) atoms. The molecule has 0 unspecified atom stereocenters. The van der Waals surface area contributed by atoms with Gasteiger partial charge in [0.2, 0.25) is 0 Å². The molecule has 4 nitrogen and oxygen atoms in total. The number of rotatable bonds is 2. The first kappa shape index (κ1) is 14.2. The highest BCUT2D eigenvalue weighted by atomic mass is 16.1. The van der Waals surface area contributed by atoms with Crippen molar-refractivity contribution in [3.8, 4) is 0 Å². The summed E-state index contributed by atoms with van der Waals surface area (Å²) in [5.41, 5.74) is 11.8. The van der Waals surface area contributed by atoms with Crippen LogP contribution < -0.4 is 11.1 Å². The zero-order valence-electron chi connectivity index (χ0n) is 12.9. The number of aromatic amines is 1. The van der Waals surface area contributed by atoms with E-state index in [1.165, 1.54) is 5.56 Å². The number of fused-ring (bicyclic) bond motifs is 1. The Morgan fingerprint density at radius 2 is 1.73 bits per heavy atom. The minimum atomic E-state index is -0.177. The summed E-state index contributed by atoms with van der Waals surface area (Å²) in [5.74, 6) is -0.177. The number of nitrogens with two attached hydrogens (primary N) is 1. The number of nitrogens with one attached hydrogen (secondary N) is 2. The molecule has 0 spiro atoms. The molecule has 0 aliphatic heterocycles. The quantitative estimate of drug-likeness (QED) is 0.626. The summed E-state index contributed by atoms with van der Waals surface area (Å²) < 4.78 is 0. The van der Waals surface area contributed by atoms with E-state index in [9.17, 15) is 4.79 Å². The van der Waals surface area contributed by atoms with Gasteiger partial charge < -0.3 is 16.0 Å². The molecule has 0 aliphatic rings. The SMILES string of the molecule is Cc1ccc(N)c(NC(=O)c2[nH]c3ccc(C)cc3c2C)c1. The Labute approximate surface area is 129 Å². The first-order valence-corrected chi connectivity index (χ1v) is 7.22. The minimum absolute atomic E-state index is 0.177. The second-order valence-electron chi connectivity index (χ2n) is 5.72. The lowest BCUT2D eigenvalue weighted by molar-refractivity contribution is 0.102. The topological polar surface area (TPSA) is 70.9 Å². The first-order valence-electron chi connectivity index (χ1n) is 7.22. The number of anilines is 2. The largest absolute Gasteiger partial charge is 0.397 e. The number of carbonyl (C=O) groups is 1. The number of carbonyl (C=O) groups excluding carboxylic acids is 1. The standard InChI is InChI=1S/C18H19N3O/c1-10-5-7-15-13(8-10)12(3)17(20-15)18(22)21-16-9-11(2)4-6-14(16)19/h4-9,20H,19H2,1-3H3,(H,21,22). The van der Waals surface area contributed by atoms with Crippen LogP contribution in [0.1, 0.15) is 27.2 Å². The van der Waals surface area contributed by atoms with Crippen LogP contribution in [0.25, 0.3) is 10.9 Å². The summed E-state index contributed by atoms with van der Waals surface area (Å²) in [5, 5.41) is 3.96. The van der Waals surface area contributed by atoms with Crippen LogP contribution in [0.5, 0.6) is 0 Å². The molecule has 3 rings (SSSR count). The van der Waals surface area contributed by atoms with Gasteiger partial charge in [0, 0.05) is 10.9 Å². The first-order chi connectivity index (χ1) is 10.5. The van der Waals surface area contributed by atoms with Crippen LogP contribution in [-0.2, 0) is 0 Å². The number of aromatic nitrogens is 1. The minimum Gasteiger partial charge on any atom is -0.397 e. The summed E-state index contributed by atoms with van der Waals surface area (Å²) in [6.07, 6.45) is 0. The van der Waals surface area contributed by atoms with E-state index < -0.39 is 0 Å². The molecule has 0 fully saturated rings. The van der Waals surface area contributed by atoms with Gasteiger partial charge in [0.25, 0.3) is 5.91 Å². The molecule has 0 saturated heterocycles. The van der Waals surface area contributed by atoms with E-state index in [0.717, 1.165) is 22.0 Å². The molecule has 0 atom stereocenters. The Hall–Kier alpha value is -2.75. The summed E-state index contributed by atoms with van der Waals surface area (Å²) in [6, 6.07) is 11.7. The number of amides is 1. The number of H-pyrrole nitrogens is 1. The third kappa shape index (κ3) is 2.44. The van der Waals surface area contributed by atoms with Crippen molar-refractivity contribution in [2.24, 2.45) is 0 Å². The average molecular weight is 293 g/mol. The van der Waals surface area contributed by atoms with Crippen molar-refractivity contribution < 1.29 is 4.79 Å². The van der Waals surface area contributed by atoms with E-state index in [2.05, 4.69) is 16.4 Å². The van der Waals surface area contributed by atoms with E-state index in [1.54, 1.807) is 6.07 Å². The van der Waals surface area contributed by atoms with E-state index in [0.29, 0.717) is 17.1 Å². The molecule has 1 heterocycles. The van der Waals surface area contributed by atoms with Gasteiger partial charge in [0.15, 0.2) is 0 Å². The maximum Gasteiger partial charge on any atom is 0.272 e. The second-order valence-corrected chi connectivity index (χ2v) is 5.72. The Morgan fingerprint density at radius 1 is 1.05 bits per heavy atom. The molecule has 112 valence electrons. The van der Waals surface area contributed by atoms with Gasteiger partial charge in [-0.15, -0.1) is 0 Å². The van der Waals surface area contributed by atoms with Crippen molar-refractivity contribution in [3.63, 3.8) is 0 Å². The molecule has 0 aliphatic carbocycles. The highest BCUT2D eigenvalue weighted by Gasteiger charge is 2.15. The number of benzene rings is 2. The van der Waals surface area contributed by atoms with Crippen molar-refractivity contribution in [3.05, 3.63) is 58.8 Å². The summed E-state index contributed by atoms with van der Waals surface area (Å²) in [4.78, 5) is 15.7. The highest BCUT2D eigenvalue weighted by molar-refractivity contribution is 6.09. The number of hydrogen-bond acceptors (Lipinski definition) is 2. The fourth-order valence-electron chi connectivity index (χ4n) is 2.63. The lowest BCUT2D eigenvalue weighted by Gasteiger charge is -2.08. The molecule has 2 aromatic carbocycles. The van der Waals surface area contributed by atoms with Crippen molar-refractivity contribution in [2.45, 2.75) is 20.8 Å². The van der Waals surface area contributed by atoms with Gasteiger partial charge in [-0.3, -0.25) is 4.79 Å². The Kier molecular flexibility index (Phi) is 3.37. The Balaban J connectivity index is 1.99. The van der Waals surface area contributed by atoms with Crippen molar-refractivity contribution in [2.75, 3.05) is 11.1 Å². The van der Waals surface area contributed by atoms with Crippen molar-refractivity contribution in [1.29, 1.82) is 0 Å². The van der Waals surface area contributed by atoms with Gasteiger partial charge >= 0.3 is 0 Å². The predicted octanol–water partition coefficient (Wildman–Crippen LogP) is 3.93. The Morgan fingerprint density at radius 3 is 2.50 bits per heavy atom. The molecule has 4 heteroatoms.